The second kappa shape index (κ2) is 9.24. The monoisotopic (exact) mass is 359 g/mol. The summed E-state index contributed by atoms with van der Waals surface area (Å²) in [7, 11) is 3.03. The highest BCUT2D eigenvalue weighted by atomic mass is 127. The first kappa shape index (κ1) is 16.2. The molecule has 0 rings (SSSR count). The Morgan fingerprint density at radius 1 is 1.38 bits per heavy atom. The molecule has 0 saturated carbocycles. The third kappa shape index (κ3) is 6.06. The minimum atomic E-state index is -0.191. The van der Waals surface area contributed by atoms with E-state index < -0.39 is 0 Å². The number of likely N-dealkylation sites (N-methyl/N-ethyl adjacent to an activating group) is 1. The second-order valence-corrected chi connectivity index (χ2v) is 5.05. The maximum Gasteiger partial charge on any atom is 0.284 e. The first-order chi connectivity index (χ1) is 7.54. The quantitative estimate of drug-likeness (QED) is 0.299. The second-order valence-electron chi connectivity index (χ2n) is 3.51. The molecule has 0 heterocycles. The van der Waals surface area contributed by atoms with E-state index in [4.69, 9.17) is 16.4 Å². The molecular formula is C11H19ClINO2. The standard InChI is InChI=1S/C11H19ClINO2/c1-4-5-6-7-8-9(12)10(13)11(15)14(2)16-3/h4-8H2,1-3H3/b10-9+. The van der Waals surface area contributed by atoms with Crippen molar-refractivity contribution in [1.29, 1.82) is 0 Å². The SMILES string of the molecule is CCCCCC/C(Cl)=C(\I)C(=O)N(C)OC. The maximum absolute atomic E-state index is 11.7. The predicted octanol–water partition coefficient (Wildman–Crippen LogP) is 3.86. The van der Waals surface area contributed by atoms with E-state index in [1.807, 2.05) is 22.6 Å². The van der Waals surface area contributed by atoms with E-state index in [0.717, 1.165) is 19.3 Å². The van der Waals surface area contributed by atoms with Gasteiger partial charge in [-0.3, -0.25) is 9.63 Å². The molecule has 0 aliphatic heterocycles. The van der Waals surface area contributed by atoms with Crippen LogP contribution in [0.5, 0.6) is 0 Å². The van der Waals surface area contributed by atoms with Crippen molar-refractivity contribution in [2.45, 2.75) is 39.0 Å². The molecule has 0 spiro atoms. The zero-order valence-electron chi connectivity index (χ0n) is 10.1. The van der Waals surface area contributed by atoms with E-state index in [0.29, 0.717) is 8.61 Å². The highest BCUT2D eigenvalue weighted by molar-refractivity contribution is 14.1. The molecule has 0 fully saturated rings. The number of hydrogen-bond acceptors (Lipinski definition) is 2. The number of rotatable bonds is 7. The molecule has 16 heavy (non-hydrogen) atoms. The first-order valence-corrected chi connectivity index (χ1v) is 6.86. The summed E-state index contributed by atoms with van der Waals surface area (Å²) >= 11 is 8.04. The number of allylic oxidation sites excluding steroid dienone is 1. The molecule has 0 aromatic rings. The normalized spacial score (nSPS) is 12.3. The van der Waals surface area contributed by atoms with Crippen molar-refractivity contribution in [2.75, 3.05) is 14.2 Å². The fraction of sp³-hybridized carbons (Fsp3) is 0.727. The van der Waals surface area contributed by atoms with Gasteiger partial charge in [-0.2, -0.15) is 0 Å². The van der Waals surface area contributed by atoms with Crippen molar-refractivity contribution in [3.8, 4) is 0 Å². The highest BCUT2D eigenvalue weighted by Gasteiger charge is 2.15. The minimum Gasteiger partial charge on any atom is -0.274 e. The van der Waals surface area contributed by atoms with E-state index in [-0.39, 0.29) is 5.91 Å². The summed E-state index contributed by atoms with van der Waals surface area (Å²) < 4.78 is 0.542. The van der Waals surface area contributed by atoms with Crippen molar-refractivity contribution in [1.82, 2.24) is 5.06 Å². The van der Waals surface area contributed by atoms with E-state index in [1.54, 1.807) is 7.05 Å². The number of carbonyl (C=O) groups is 1. The van der Waals surface area contributed by atoms with Crippen LogP contribution >= 0.6 is 34.2 Å². The molecule has 1 amide bonds. The maximum atomic E-state index is 11.7. The Labute approximate surface area is 116 Å². The number of hydroxylamine groups is 2. The zero-order valence-corrected chi connectivity index (χ0v) is 13.0. The predicted molar refractivity (Wildman–Crippen MR) is 75.4 cm³/mol. The lowest BCUT2D eigenvalue weighted by Crippen LogP contribution is -2.25. The van der Waals surface area contributed by atoms with Crippen molar-refractivity contribution in [3.63, 3.8) is 0 Å². The number of hydrogen-bond donors (Lipinski definition) is 0. The summed E-state index contributed by atoms with van der Waals surface area (Å²) in [6, 6.07) is 0. The third-order valence-electron chi connectivity index (χ3n) is 2.24. The Balaban J connectivity index is 4.18. The van der Waals surface area contributed by atoms with E-state index in [1.165, 1.54) is 25.0 Å². The molecule has 0 atom stereocenters. The van der Waals surface area contributed by atoms with Gasteiger partial charge in [-0.1, -0.05) is 37.8 Å². The van der Waals surface area contributed by atoms with Crippen LogP contribution < -0.4 is 0 Å². The molecule has 3 nitrogen and oxygen atoms in total. The van der Waals surface area contributed by atoms with Gasteiger partial charge in [0.15, 0.2) is 0 Å². The number of nitrogens with zero attached hydrogens (tertiary/aromatic N) is 1. The minimum absolute atomic E-state index is 0.191. The van der Waals surface area contributed by atoms with Gasteiger partial charge in [0.05, 0.1) is 10.7 Å². The van der Waals surface area contributed by atoms with Gasteiger partial charge in [-0.05, 0) is 35.4 Å². The molecule has 0 aromatic carbocycles. The molecule has 0 aliphatic rings. The van der Waals surface area contributed by atoms with Crippen molar-refractivity contribution >= 4 is 40.1 Å². The van der Waals surface area contributed by atoms with Crippen LogP contribution in [0.25, 0.3) is 0 Å². The Morgan fingerprint density at radius 3 is 2.50 bits per heavy atom. The first-order valence-electron chi connectivity index (χ1n) is 5.40. The van der Waals surface area contributed by atoms with Crippen LogP contribution in [0.15, 0.2) is 8.61 Å². The Kier molecular flexibility index (Phi) is 9.35. The van der Waals surface area contributed by atoms with Crippen LogP contribution in [0.2, 0.25) is 0 Å². The fourth-order valence-electron chi connectivity index (χ4n) is 1.15. The van der Waals surface area contributed by atoms with Gasteiger partial charge in [0, 0.05) is 12.1 Å². The number of amides is 1. The van der Waals surface area contributed by atoms with Crippen LogP contribution in [0.3, 0.4) is 0 Å². The molecule has 94 valence electrons. The number of unbranched alkanes of at least 4 members (excludes halogenated alkanes) is 3. The van der Waals surface area contributed by atoms with Gasteiger partial charge < -0.3 is 0 Å². The van der Waals surface area contributed by atoms with Crippen molar-refractivity contribution in [2.24, 2.45) is 0 Å². The van der Waals surface area contributed by atoms with E-state index >= 15 is 0 Å². The van der Waals surface area contributed by atoms with Crippen LogP contribution in [-0.4, -0.2) is 25.1 Å². The summed E-state index contributed by atoms with van der Waals surface area (Å²) in [6.07, 6.45) is 5.37. The summed E-state index contributed by atoms with van der Waals surface area (Å²) in [5, 5.41) is 1.81. The largest absolute Gasteiger partial charge is 0.284 e. The number of halogens is 2. The van der Waals surface area contributed by atoms with Crippen LogP contribution in [0.4, 0.5) is 0 Å². The van der Waals surface area contributed by atoms with Gasteiger partial charge in [-0.25, -0.2) is 5.06 Å². The summed E-state index contributed by atoms with van der Waals surface area (Å²) in [4.78, 5) is 16.5. The number of carbonyl (C=O) groups excluding carboxylic acids is 1. The molecule has 0 N–H and O–H groups in total. The highest BCUT2D eigenvalue weighted by Crippen LogP contribution is 2.24. The lowest BCUT2D eigenvalue weighted by molar-refractivity contribution is -0.162. The molecule has 0 aromatic heterocycles. The van der Waals surface area contributed by atoms with Gasteiger partial charge in [0.1, 0.15) is 0 Å². The van der Waals surface area contributed by atoms with Crippen LogP contribution in [-0.2, 0) is 9.63 Å². The Hall–Kier alpha value is 0.190. The van der Waals surface area contributed by atoms with E-state index in [9.17, 15) is 4.79 Å². The Bertz CT molecular complexity index is 256. The van der Waals surface area contributed by atoms with Crippen molar-refractivity contribution < 1.29 is 9.63 Å². The molecule has 0 saturated heterocycles. The Morgan fingerprint density at radius 2 is 2.00 bits per heavy atom. The molecule has 0 unspecified atom stereocenters. The topological polar surface area (TPSA) is 29.5 Å². The van der Waals surface area contributed by atoms with Gasteiger partial charge in [-0.15, -0.1) is 0 Å². The van der Waals surface area contributed by atoms with Crippen LogP contribution in [0, 0.1) is 0 Å². The smallest absolute Gasteiger partial charge is 0.274 e. The zero-order chi connectivity index (χ0) is 12.6. The van der Waals surface area contributed by atoms with E-state index in [2.05, 4.69) is 6.92 Å². The average Bonchev–Trinajstić information content (AvgIpc) is 2.31. The van der Waals surface area contributed by atoms with Gasteiger partial charge in [0.2, 0.25) is 0 Å². The van der Waals surface area contributed by atoms with Gasteiger partial charge >= 0.3 is 0 Å². The lowest BCUT2D eigenvalue weighted by atomic mass is 10.1. The van der Waals surface area contributed by atoms with Crippen molar-refractivity contribution in [3.05, 3.63) is 8.61 Å². The summed E-state index contributed by atoms with van der Waals surface area (Å²) in [5.74, 6) is -0.191. The fourth-order valence-corrected chi connectivity index (χ4v) is 1.98. The molecule has 0 aliphatic carbocycles. The lowest BCUT2D eigenvalue weighted by Gasteiger charge is -2.13. The molecule has 5 heteroatoms. The molecule has 0 bridgehead atoms. The summed E-state index contributed by atoms with van der Waals surface area (Å²) in [5.41, 5.74) is 0. The van der Waals surface area contributed by atoms with Gasteiger partial charge in [0.25, 0.3) is 5.91 Å². The third-order valence-corrected chi connectivity index (χ3v) is 4.04. The summed E-state index contributed by atoms with van der Waals surface area (Å²) in [6.45, 7) is 2.16. The molecular weight excluding hydrogens is 340 g/mol. The van der Waals surface area contributed by atoms with Crippen LogP contribution in [0.1, 0.15) is 39.0 Å². The average molecular weight is 360 g/mol. The molecule has 0 radical (unpaired) electrons.